The Morgan fingerprint density at radius 3 is 2.50 bits per heavy atom. The number of benzene rings is 1. The molecule has 0 aliphatic rings. The van der Waals surface area contributed by atoms with Crippen LogP contribution >= 0.6 is 0 Å². The summed E-state index contributed by atoms with van der Waals surface area (Å²) < 4.78 is 5.04. The van der Waals surface area contributed by atoms with Gasteiger partial charge in [-0.25, -0.2) is 0 Å². The zero-order chi connectivity index (χ0) is 13.4. The molecule has 0 radical (unpaired) electrons. The lowest BCUT2D eigenvalue weighted by atomic mass is 9.95. The molecule has 0 amide bonds. The number of carbonyl (C=O) groups is 1. The molecule has 1 N–H and O–H groups in total. The molecule has 0 fully saturated rings. The maximum absolute atomic E-state index is 10.8. The van der Waals surface area contributed by atoms with Gasteiger partial charge in [-0.05, 0) is 24.0 Å². The van der Waals surface area contributed by atoms with Crippen molar-refractivity contribution in [2.24, 2.45) is 0 Å². The van der Waals surface area contributed by atoms with Gasteiger partial charge in [-0.2, -0.15) is 0 Å². The number of aryl methyl sites for hydroxylation is 1. The molecule has 18 heavy (non-hydrogen) atoms. The van der Waals surface area contributed by atoms with Crippen LogP contribution < -0.4 is 0 Å². The Hall–Kier alpha value is -1.35. The maximum atomic E-state index is 10.8. The highest BCUT2D eigenvalue weighted by atomic mass is 16.5. The van der Waals surface area contributed by atoms with Crippen molar-refractivity contribution in [3.63, 3.8) is 0 Å². The van der Waals surface area contributed by atoms with E-state index in [0.717, 1.165) is 18.4 Å². The minimum absolute atomic E-state index is 0.0783. The van der Waals surface area contributed by atoms with Crippen LogP contribution in [0.3, 0.4) is 0 Å². The van der Waals surface area contributed by atoms with E-state index in [1.54, 1.807) is 0 Å². The fraction of sp³-hybridized carbons (Fsp3) is 0.533. The molecular formula is C15H22O3. The summed E-state index contributed by atoms with van der Waals surface area (Å²) in [5.74, 6) is -0.199. The van der Waals surface area contributed by atoms with Crippen LogP contribution in [0, 0.1) is 0 Å². The first-order chi connectivity index (χ1) is 8.67. The number of hydrogen-bond acceptors (Lipinski definition) is 3. The molecule has 0 aliphatic heterocycles. The third-order valence-corrected chi connectivity index (χ3v) is 2.96. The third kappa shape index (κ3) is 4.88. The quantitative estimate of drug-likeness (QED) is 0.757. The van der Waals surface area contributed by atoms with Gasteiger partial charge in [0.1, 0.15) is 0 Å². The van der Waals surface area contributed by atoms with Crippen LogP contribution in [-0.4, -0.2) is 24.3 Å². The van der Waals surface area contributed by atoms with E-state index in [4.69, 9.17) is 9.84 Å². The topological polar surface area (TPSA) is 46.5 Å². The number of aliphatic hydroxyl groups is 1. The van der Waals surface area contributed by atoms with Crippen molar-refractivity contribution < 1.29 is 14.6 Å². The Morgan fingerprint density at radius 2 is 2.00 bits per heavy atom. The van der Waals surface area contributed by atoms with Crippen LogP contribution in [0.1, 0.15) is 43.7 Å². The van der Waals surface area contributed by atoms with E-state index < -0.39 is 0 Å². The first kappa shape index (κ1) is 14.7. The zero-order valence-corrected chi connectivity index (χ0v) is 11.2. The average Bonchev–Trinajstić information content (AvgIpc) is 2.36. The minimum Gasteiger partial charge on any atom is -0.465 e. The van der Waals surface area contributed by atoms with Gasteiger partial charge in [-0.3, -0.25) is 4.79 Å². The molecule has 3 nitrogen and oxygen atoms in total. The first-order valence-electron chi connectivity index (χ1n) is 6.50. The molecule has 0 aromatic heterocycles. The summed E-state index contributed by atoms with van der Waals surface area (Å²) in [6.07, 6.45) is 2.82. The van der Waals surface area contributed by atoms with Crippen LogP contribution in [0.5, 0.6) is 0 Å². The van der Waals surface area contributed by atoms with E-state index in [2.05, 4.69) is 31.2 Å². The number of carbonyl (C=O) groups excluding carboxylic acids is 1. The van der Waals surface area contributed by atoms with Crippen molar-refractivity contribution in [3.8, 4) is 0 Å². The van der Waals surface area contributed by atoms with Crippen LogP contribution in [0.15, 0.2) is 24.3 Å². The average molecular weight is 250 g/mol. The molecule has 1 unspecified atom stereocenters. The molecule has 1 aromatic carbocycles. The Kier molecular flexibility index (Phi) is 6.44. The van der Waals surface area contributed by atoms with Gasteiger partial charge in [-0.15, -0.1) is 0 Å². The van der Waals surface area contributed by atoms with Gasteiger partial charge >= 0.3 is 5.97 Å². The minimum atomic E-state index is -0.277. The van der Waals surface area contributed by atoms with E-state index in [9.17, 15) is 4.79 Å². The van der Waals surface area contributed by atoms with Gasteiger partial charge in [0.05, 0.1) is 6.61 Å². The van der Waals surface area contributed by atoms with Crippen molar-refractivity contribution in [2.45, 2.75) is 39.0 Å². The van der Waals surface area contributed by atoms with Crippen molar-refractivity contribution in [2.75, 3.05) is 13.2 Å². The lowest BCUT2D eigenvalue weighted by Crippen LogP contribution is -2.12. The van der Waals surface area contributed by atoms with E-state index in [0.29, 0.717) is 13.0 Å². The van der Waals surface area contributed by atoms with E-state index >= 15 is 0 Å². The number of ether oxygens (including phenoxy) is 1. The molecule has 0 saturated heterocycles. The maximum Gasteiger partial charge on any atom is 0.302 e. The first-order valence-corrected chi connectivity index (χ1v) is 6.50. The summed E-state index contributed by atoms with van der Waals surface area (Å²) in [7, 11) is 0. The van der Waals surface area contributed by atoms with Crippen molar-refractivity contribution in [1.82, 2.24) is 0 Å². The van der Waals surface area contributed by atoms with Gasteiger partial charge in [0.25, 0.3) is 0 Å². The molecule has 0 aliphatic carbocycles. The summed E-state index contributed by atoms with van der Waals surface area (Å²) in [5.41, 5.74) is 2.43. The Bertz CT molecular complexity index is 357. The van der Waals surface area contributed by atoms with Gasteiger partial charge in [0.2, 0.25) is 0 Å². The highest BCUT2D eigenvalue weighted by molar-refractivity contribution is 5.65. The fourth-order valence-electron chi connectivity index (χ4n) is 1.97. The van der Waals surface area contributed by atoms with Crippen LogP contribution in [0.2, 0.25) is 0 Å². The lowest BCUT2D eigenvalue weighted by Gasteiger charge is -2.16. The summed E-state index contributed by atoms with van der Waals surface area (Å²) in [5, 5.41) is 9.06. The van der Waals surface area contributed by atoms with Crippen molar-refractivity contribution >= 4 is 5.97 Å². The van der Waals surface area contributed by atoms with Gasteiger partial charge in [-0.1, -0.05) is 37.6 Å². The molecular weight excluding hydrogens is 228 g/mol. The van der Waals surface area contributed by atoms with Gasteiger partial charge in [0, 0.05) is 19.4 Å². The highest BCUT2D eigenvalue weighted by Gasteiger charge is 2.12. The second kappa shape index (κ2) is 7.88. The van der Waals surface area contributed by atoms with Gasteiger partial charge in [0.15, 0.2) is 0 Å². The lowest BCUT2D eigenvalue weighted by molar-refractivity contribution is -0.141. The second-order valence-electron chi connectivity index (χ2n) is 4.50. The monoisotopic (exact) mass is 250 g/mol. The summed E-state index contributed by atoms with van der Waals surface area (Å²) in [6.45, 7) is 4.00. The summed E-state index contributed by atoms with van der Waals surface area (Å²) in [6, 6.07) is 8.34. The molecule has 1 aromatic rings. The summed E-state index contributed by atoms with van der Waals surface area (Å²) >= 11 is 0. The van der Waals surface area contributed by atoms with Crippen LogP contribution in [0.25, 0.3) is 0 Å². The Morgan fingerprint density at radius 1 is 1.33 bits per heavy atom. The van der Waals surface area contributed by atoms with E-state index in [-0.39, 0.29) is 18.5 Å². The predicted molar refractivity (Wildman–Crippen MR) is 71.5 cm³/mol. The number of rotatable bonds is 7. The largest absolute Gasteiger partial charge is 0.465 e. The normalized spacial score (nSPS) is 12.2. The smallest absolute Gasteiger partial charge is 0.302 e. The molecule has 100 valence electrons. The fourth-order valence-corrected chi connectivity index (χ4v) is 1.97. The molecule has 0 heterocycles. The standard InChI is InChI=1S/C15H22O3/c1-3-4-13-5-7-14(8-6-13)15(9-10-16)11-18-12(2)17/h5-8,15-16H,3-4,9-11H2,1-2H3. The van der Waals surface area contributed by atoms with E-state index in [1.165, 1.54) is 12.5 Å². The molecule has 1 atom stereocenters. The Balaban J connectivity index is 2.68. The number of hydrogen-bond donors (Lipinski definition) is 1. The number of esters is 1. The van der Waals surface area contributed by atoms with Gasteiger partial charge < -0.3 is 9.84 Å². The molecule has 1 rings (SSSR count). The SMILES string of the molecule is CCCc1ccc(C(CCO)COC(C)=O)cc1. The van der Waals surface area contributed by atoms with E-state index in [1.807, 2.05) is 0 Å². The second-order valence-corrected chi connectivity index (χ2v) is 4.50. The summed E-state index contributed by atoms with van der Waals surface area (Å²) in [4.78, 5) is 10.8. The van der Waals surface area contributed by atoms with Crippen LogP contribution in [0.4, 0.5) is 0 Å². The van der Waals surface area contributed by atoms with Crippen LogP contribution in [-0.2, 0) is 16.0 Å². The molecule has 0 spiro atoms. The predicted octanol–water partition coefficient (Wildman–Crippen LogP) is 2.67. The highest BCUT2D eigenvalue weighted by Crippen LogP contribution is 2.21. The molecule has 0 saturated carbocycles. The third-order valence-electron chi connectivity index (χ3n) is 2.96. The number of aliphatic hydroxyl groups excluding tert-OH is 1. The molecule has 3 heteroatoms. The zero-order valence-electron chi connectivity index (χ0n) is 11.2. The van der Waals surface area contributed by atoms with Crippen molar-refractivity contribution in [3.05, 3.63) is 35.4 Å². The Labute approximate surface area is 109 Å². The molecule has 0 bridgehead atoms. The van der Waals surface area contributed by atoms with Crippen molar-refractivity contribution in [1.29, 1.82) is 0 Å².